The van der Waals surface area contributed by atoms with Crippen LogP contribution in [0.2, 0.25) is 0 Å². The van der Waals surface area contributed by atoms with Crippen molar-refractivity contribution < 1.29 is 4.42 Å². The number of hydrogen-bond donors (Lipinski definition) is 0. The molecular weight excluding hydrogens is 735 g/mol. The minimum atomic E-state index is 0.875. The Labute approximate surface area is 345 Å². The lowest BCUT2D eigenvalue weighted by atomic mass is 9.97. The second-order valence-electron chi connectivity index (χ2n) is 15.3. The number of hydrogen-bond acceptors (Lipinski definition) is 3. The molecule has 3 heteroatoms. The second-order valence-corrected chi connectivity index (χ2v) is 16.3. The van der Waals surface area contributed by atoms with Crippen LogP contribution in [0.3, 0.4) is 0 Å². The van der Waals surface area contributed by atoms with Gasteiger partial charge in [0.05, 0.1) is 11.1 Å². The van der Waals surface area contributed by atoms with Crippen molar-refractivity contribution in [2.75, 3.05) is 4.90 Å². The van der Waals surface area contributed by atoms with Gasteiger partial charge in [-0.05, 0) is 110 Å². The van der Waals surface area contributed by atoms with Crippen molar-refractivity contribution in [2.45, 2.75) is 0 Å². The van der Waals surface area contributed by atoms with Gasteiger partial charge in [0.25, 0.3) is 0 Å². The maximum Gasteiger partial charge on any atom is 0.145 e. The Morgan fingerprint density at radius 2 is 0.983 bits per heavy atom. The van der Waals surface area contributed by atoms with Gasteiger partial charge in [0.15, 0.2) is 0 Å². The summed E-state index contributed by atoms with van der Waals surface area (Å²) in [5.74, 6) is 0. The number of thiophene rings is 1. The summed E-state index contributed by atoms with van der Waals surface area (Å²) in [5.41, 5.74) is 12.0. The molecule has 0 unspecified atom stereocenters. The smallest absolute Gasteiger partial charge is 0.145 e. The number of fused-ring (bicyclic) bond motifs is 9. The number of rotatable bonds is 6. The maximum atomic E-state index is 6.78. The van der Waals surface area contributed by atoms with Crippen molar-refractivity contribution in [3.05, 3.63) is 212 Å². The molecule has 0 fully saturated rings. The Balaban J connectivity index is 1.04. The van der Waals surface area contributed by atoms with Crippen LogP contribution < -0.4 is 4.90 Å². The van der Waals surface area contributed by atoms with E-state index in [0.29, 0.717) is 0 Å². The molecule has 0 radical (unpaired) electrons. The zero-order chi connectivity index (χ0) is 38.9. The third-order valence-electron chi connectivity index (χ3n) is 11.9. The van der Waals surface area contributed by atoms with Gasteiger partial charge < -0.3 is 9.32 Å². The van der Waals surface area contributed by atoms with Crippen molar-refractivity contribution in [1.29, 1.82) is 0 Å². The highest BCUT2D eigenvalue weighted by Crippen LogP contribution is 2.48. The first-order chi connectivity index (χ1) is 29.2. The molecule has 2 heterocycles. The average molecular weight is 770 g/mol. The lowest BCUT2D eigenvalue weighted by Gasteiger charge is -2.27. The SMILES string of the molecule is c1ccc(-c2ccc3c(c2)sc2ccc(N(c4ccc(-c5ccc6c(ccc7ccccc76)c5)cc4)c4ccc(-c5ccccc5)c5oc6ccccc6c45)cc23)cc1. The van der Waals surface area contributed by atoms with Crippen LogP contribution in [0.4, 0.5) is 17.1 Å². The molecule has 59 heavy (non-hydrogen) atoms. The molecule has 0 aliphatic heterocycles. The van der Waals surface area contributed by atoms with E-state index < -0.39 is 0 Å². The van der Waals surface area contributed by atoms with Crippen LogP contribution in [0.25, 0.3) is 97.0 Å². The van der Waals surface area contributed by atoms with E-state index in [1.54, 1.807) is 0 Å². The fourth-order valence-electron chi connectivity index (χ4n) is 8.98. The highest BCUT2D eigenvalue weighted by Gasteiger charge is 2.23. The van der Waals surface area contributed by atoms with Crippen molar-refractivity contribution in [3.8, 4) is 33.4 Å². The fraction of sp³-hybridized carbons (Fsp3) is 0. The first kappa shape index (κ1) is 33.7. The van der Waals surface area contributed by atoms with E-state index in [-0.39, 0.29) is 0 Å². The van der Waals surface area contributed by atoms with E-state index in [0.717, 1.165) is 50.1 Å². The van der Waals surface area contributed by atoms with Crippen molar-refractivity contribution in [2.24, 2.45) is 0 Å². The first-order valence-corrected chi connectivity index (χ1v) is 20.9. The van der Waals surface area contributed by atoms with Gasteiger partial charge in [-0.3, -0.25) is 0 Å². The highest BCUT2D eigenvalue weighted by molar-refractivity contribution is 7.25. The van der Waals surface area contributed by atoms with Crippen LogP contribution in [0.5, 0.6) is 0 Å². The predicted molar refractivity (Wildman–Crippen MR) is 253 cm³/mol. The normalized spacial score (nSPS) is 11.7. The minimum absolute atomic E-state index is 0.875. The van der Waals surface area contributed by atoms with E-state index >= 15 is 0 Å². The third kappa shape index (κ3) is 5.62. The molecule has 12 rings (SSSR count). The molecule has 0 bridgehead atoms. The summed E-state index contributed by atoms with van der Waals surface area (Å²) in [6.45, 7) is 0. The number of para-hydroxylation sites is 1. The Kier molecular flexibility index (Phi) is 7.75. The van der Waals surface area contributed by atoms with Crippen molar-refractivity contribution >= 4 is 92.1 Å². The molecule has 10 aromatic carbocycles. The van der Waals surface area contributed by atoms with E-state index in [1.165, 1.54) is 64.0 Å². The Morgan fingerprint density at radius 1 is 0.356 bits per heavy atom. The van der Waals surface area contributed by atoms with Gasteiger partial charge in [-0.2, -0.15) is 0 Å². The van der Waals surface area contributed by atoms with Gasteiger partial charge >= 0.3 is 0 Å². The Morgan fingerprint density at radius 3 is 1.81 bits per heavy atom. The molecule has 0 aliphatic carbocycles. The van der Waals surface area contributed by atoms with Crippen LogP contribution in [0, 0.1) is 0 Å². The summed E-state index contributed by atoms with van der Waals surface area (Å²) in [4.78, 5) is 2.41. The van der Waals surface area contributed by atoms with Gasteiger partial charge in [-0.1, -0.05) is 152 Å². The fourth-order valence-corrected chi connectivity index (χ4v) is 10.1. The lowest BCUT2D eigenvalue weighted by Crippen LogP contribution is -2.10. The van der Waals surface area contributed by atoms with Crippen LogP contribution in [-0.4, -0.2) is 0 Å². The van der Waals surface area contributed by atoms with Crippen LogP contribution in [0.15, 0.2) is 217 Å². The van der Waals surface area contributed by atoms with E-state index in [1.807, 2.05) is 11.3 Å². The Hall–Kier alpha value is -7.46. The zero-order valence-electron chi connectivity index (χ0n) is 32.0. The van der Waals surface area contributed by atoms with Crippen molar-refractivity contribution in [3.63, 3.8) is 0 Å². The third-order valence-corrected chi connectivity index (χ3v) is 13.0. The van der Waals surface area contributed by atoms with Gasteiger partial charge in [-0.25, -0.2) is 0 Å². The Bertz CT molecular complexity index is 3550. The number of benzene rings is 10. The van der Waals surface area contributed by atoms with E-state index in [4.69, 9.17) is 4.42 Å². The molecule has 0 saturated heterocycles. The topological polar surface area (TPSA) is 16.4 Å². The maximum absolute atomic E-state index is 6.78. The minimum Gasteiger partial charge on any atom is -0.455 e. The average Bonchev–Trinajstić information content (AvgIpc) is 3.88. The molecule has 276 valence electrons. The number of anilines is 3. The summed E-state index contributed by atoms with van der Waals surface area (Å²) >= 11 is 1.86. The molecule has 0 saturated carbocycles. The van der Waals surface area contributed by atoms with Crippen LogP contribution >= 0.6 is 11.3 Å². The standard InChI is InChI=1S/C56H35NOS/c1-3-11-36(12-4-1)41-24-29-48-50-35-44(27-32-53(50)59-54(48)34-41)57(51-31-30-47(38-13-5-2-6-14-38)56-55(51)49-17-9-10-18-52(49)58-56)43-25-21-37(22-26-43)40-23-28-46-42(33-40)20-19-39-15-7-8-16-45(39)46/h1-35H. The molecule has 12 aromatic rings. The van der Waals surface area contributed by atoms with Gasteiger partial charge in [0.2, 0.25) is 0 Å². The first-order valence-electron chi connectivity index (χ1n) is 20.1. The van der Waals surface area contributed by atoms with Crippen LogP contribution in [0.1, 0.15) is 0 Å². The monoisotopic (exact) mass is 769 g/mol. The predicted octanol–water partition coefficient (Wildman–Crippen LogP) is 16.7. The number of nitrogens with zero attached hydrogens (tertiary/aromatic N) is 1. The molecule has 2 nitrogen and oxygen atoms in total. The van der Waals surface area contributed by atoms with Gasteiger partial charge in [-0.15, -0.1) is 11.3 Å². The molecule has 0 aliphatic rings. The summed E-state index contributed by atoms with van der Waals surface area (Å²) in [6, 6.07) is 76.9. The molecule has 0 N–H and O–H groups in total. The van der Waals surface area contributed by atoms with Gasteiger partial charge in [0.1, 0.15) is 11.2 Å². The van der Waals surface area contributed by atoms with E-state index in [9.17, 15) is 0 Å². The highest BCUT2D eigenvalue weighted by atomic mass is 32.1. The molecule has 0 amide bonds. The zero-order valence-corrected chi connectivity index (χ0v) is 32.8. The molecule has 0 spiro atoms. The van der Waals surface area contributed by atoms with Crippen molar-refractivity contribution in [1.82, 2.24) is 0 Å². The largest absolute Gasteiger partial charge is 0.455 e. The summed E-state index contributed by atoms with van der Waals surface area (Å²) in [7, 11) is 0. The molecule has 0 atom stereocenters. The van der Waals surface area contributed by atoms with Gasteiger partial charge in [0, 0.05) is 42.5 Å². The molecule has 2 aromatic heterocycles. The lowest BCUT2D eigenvalue weighted by molar-refractivity contribution is 0.670. The summed E-state index contributed by atoms with van der Waals surface area (Å²) < 4.78 is 9.33. The second kappa shape index (κ2) is 13.6. The summed E-state index contributed by atoms with van der Waals surface area (Å²) in [6.07, 6.45) is 0. The molecular formula is C56H35NOS. The number of furan rings is 1. The van der Waals surface area contributed by atoms with E-state index in [2.05, 4.69) is 217 Å². The van der Waals surface area contributed by atoms with Crippen LogP contribution in [-0.2, 0) is 0 Å². The summed E-state index contributed by atoms with van der Waals surface area (Å²) in [5, 5.41) is 9.77. The quantitative estimate of drug-likeness (QED) is 0.157.